The van der Waals surface area contributed by atoms with E-state index in [4.69, 9.17) is 0 Å². The van der Waals surface area contributed by atoms with Gasteiger partial charge in [-0.25, -0.2) is 0 Å². The number of benzene rings is 2. The Morgan fingerprint density at radius 3 is 2.65 bits per heavy atom. The SMILES string of the molecule is CCn1c(SCC(=O)Nc2cccc([N+](=O)[O-])c2)nnc1-c1csc(C)c1-c1ccc(C)cc1. The minimum Gasteiger partial charge on any atom is -0.325 e. The zero-order valence-corrected chi connectivity index (χ0v) is 20.6. The highest BCUT2D eigenvalue weighted by molar-refractivity contribution is 7.99. The summed E-state index contributed by atoms with van der Waals surface area (Å²) in [5, 5.41) is 25.2. The van der Waals surface area contributed by atoms with Gasteiger partial charge in [0.25, 0.3) is 5.69 Å². The molecule has 8 nitrogen and oxygen atoms in total. The number of nitro groups is 1. The summed E-state index contributed by atoms with van der Waals surface area (Å²) >= 11 is 2.96. The maximum atomic E-state index is 12.5. The second-order valence-corrected chi connectivity index (χ2v) is 9.67. The Labute approximate surface area is 205 Å². The van der Waals surface area contributed by atoms with Gasteiger partial charge in [-0.15, -0.1) is 21.5 Å². The van der Waals surface area contributed by atoms with Gasteiger partial charge in [0.1, 0.15) is 0 Å². The molecule has 10 heteroatoms. The number of carbonyl (C=O) groups excluding carboxylic acids is 1. The number of anilines is 1. The molecular formula is C24H23N5O3S2. The lowest BCUT2D eigenvalue weighted by atomic mass is 10.0. The molecule has 4 aromatic rings. The number of non-ortho nitro benzene ring substituents is 1. The molecule has 34 heavy (non-hydrogen) atoms. The maximum Gasteiger partial charge on any atom is 0.271 e. The van der Waals surface area contributed by atoms with Gasteiger partial charge in [-0.05, 0) is 32.4 Å². The lowest BCUT2D eigenvalue weighted by Gasteiger charge is -2.10. The molecule has 0 radical (unpaired) electrons. The molecule has 174 valence electrons. The Morgan fingerprint density at radius 1 is 1.18 bits per heavy atom. The quantitative estimate of drug-likeness (QED) is 0.185. The number of aryl methyl sites for hydroxylation is 2. The van der Waals surface area contributed by atoms with Crippen LogP contribution in [0.3, 0.4) is 0 Å². The summed E-state index contributed by atoms with van der Waals surface area (Å²) in [6, 6.07) is 14.3. The van der Waals surface area contributed by atoms with Gasteiger partial charge in [-0.1, -0.05) is 47.7 Å². The average molecular weight is 494 g/mol. The first-order valence-corrected chi connectivity index (χ1v) is 12.5. The van der Waals surface area contributed by atoms with Gasteiger partial charge in [0.2, 0.25) is 5.91 Å². The number of thiophene rings is 1. The third kappa shape index (κ3) is 5.02. The molecule has 0 atom stereocenters. The molecule has 1 amide bonds. The predicted molar refractivity (Wildman–Crippen MR) is 136 cm³/mol. The molecule has 0 fully saturated rings. The van der Waals surface area contributed by atoms with E-state index in [2.05, 4.69) is 59.0 Å². The number of nitrogens with zero attached hydrogens (tertiary/aromatic N) is 4. The normalized spacial score (nSPS) is 10.9. The van der Waals surface area contributed by atoms with Gasteiger partial charge in [0, 0.05) is 45.7 Å². The first-order valence-electron chi connectivity index (χ1n) is 10.6. The van der Waals surface area contributed by atoms with Crippen LogP contribution >= 0.6 is 23.1 Å². The van der Waals surface area contributed by atoms with Crippen molar-refractivity contribution in [3.05, 3.63) is 74.5 Å². The summed E-state index contributed by atoms with van der Waals surface area (Å²) in [7, 11) is 0. The molecule has 2 aromatic heterocycles. The summed E-state index contributed by atoms with van der Waals surface area (Å²) in [4.78, 5) is 24.1. The van der Waals surface area contributed by atoms with E-state index < -0.39 is 4.92 Å². The van der Waals surface area contributed by atoms with Crippen molar-refractivity contribution < 1.29 is 9.72 Å². The number of nitro benzene ring substituents is 1. The molecule has 0 saturated carbocycles. The molecule has 0 aliphatic carbocycles. The van der Waals surface area contributed by atoms with E-state index in [0.29, 0.717) is 17.4 Å². The van der Waals surface area contributed by atoms with Crippen molar-refractivity contribution in [1.29, 1.82) is 0 Å². The van der Waals surface area contributed by atoms with Gasteiger partial charge < -0.3 is 9.88 Å². The van der Waals surface area contributed by atoms with Crippen LogP contribution in [0.5, 0.6) is 0 Å². The van der Waals surface area contributed by atoms with Crippen LogP contribution in [0.4, 0.5) is 11.4 Å². The number of nitrogens with one attached hydrogen (secondary N) is 1. The number of rotatable bonds is 8. The summed E-state index contributed by atoms with van der Waals surface area (Å²) in [5.41, 5.74) is 4.82. The Morgan fingerprint density at radius 2 is 1.94 bits per heavy atom. The summed E-state index contributed by atoms with van der Waals surface area (Å²) < 4.78 is 2.00. The number of hydrogen-bond acceptors (Lipinski definition) is 7. The average Bonchev–Trinajstić information content (AvgIpc) is 3.41. The predicted octanol–water partition coefficient (Wildman–Crippen LogP) is 5.95. The van der Waals surface area contributed by atoms with Crippen LogP contribution in [-0.2, 0) is 11.3 Å². The summed E-state index contributed by atoms with van der Waals surface area (Å²) in [6.07, 6.45) is 0. The largest absolute Gasteiger partial charge is 0.325 e. The minimum atomic E-state index is -0.493. The third-order valence-electron chi connectivity index (χ3n) is 5.26. The third-order valence-corrected chi connectivity index (χ3v) is 7.14. The Hall–Kier alpha value is -3.50. The second kappa shape index (κ2) is 10.2. The van der Waals surface area contributed by atoms with Gasteiger partial charge in [0.05, 0.1) is 10.7 Å². The van der Waals surface area contributed by atoms with Crippen molar-refractivity contribution >= 4 is 40.4 Å². The first kappa shape index (κ1) is 23.7. The van der Waals surface area contributed by atoms with E-state index in [1.165, 1.54) is 40.4 Å². The summed E-state index contributed by atoms with van der Waals surface area (Å²) in [6.45, 7) is 6.84. The fourth-order valence-electron chi connectivity index (χ4n) is 3.60. The van der Waals surface area contributed by atoms with Crippen molar-refractivity contribution in [3.63, 3.8) is 0 Å². The molecule has 0 aliphatic heterocycles. The fourth-order valence-corrected chi connectivity index (χ4v) is 5.27. The van der Waals surface area contributed by atoms with E-state index in [1.807, 2.05) is 11.5 Å². The highest BCUT2D eigenvalue weighted by atomic mass is 32.2. The lowest BCUT2D eigenvalue weighted by molar-refractivity contribution is -0.384. The Bertz CT molecular complexity index is 1350. The second-order valence-electron chi connectivity index (χ2n) is 7.64. The number of hydrogen-bond donors (Lipinski definition) is 1. The van der Waals surface area contributed by atoms with Crippen LogP contribution in [0.25, 0.3) is 22.5 Å². The Kier molecular flexibility index (Phi) is 7.09. The zero-order chi connectivity index (χ0) is 24.2. The topological polar surface area (TPSA) is 103 Å². The lowest BCUT2D eigenvalue weighted by Crippen LogP contribution is -2.14. The monoisotopic (exact) mass is 493 g/mol. The molecule has 0 spiro atoms. The fraction of sp³-hybridized carbons (Fsp3) is 0.208. The van der Waals surface area contributed by atoms with Gasteiger partial charge >= 0.3 is 0 Å². The van der Waals surface area contributed by atoms with Crippen LogP contribution in [0.2, 0.25) is 0 Å². The zero-order valence-electron chi connectivity index (χ0n) is 18.9. The minimum absolute atomic E-state index is 0.0729. The van der Waals surface area contributed by atoms with Gasteiger partial charge in [-0.3, -0.25) is 14.9 Å². The molecule has 0 saturated heterocycles. The van der Waals surface area contributed by atoms with Gasteiger partial charge in [0.15, 0.2) is 11.0 Å². The molecule has 2 heterocycles. The van der Waals surface area contributed by atoms with Crippen LogP contribution in [0, 0.1) is 24.0 Å². The van der Waals surface area contributed by atoms with Crippen molar-refractivity contribution in [3.8, 4) is 22.5 Å². The van der Waals surface area contributed by atoms with E-state index in [9.17, 15) is 14.9 Å². The van der Waals surface area contributed by atoms with Crippen molar-refractivity contribution in [2.24, 2.45) is 0 Å². The van der Waals surface area contributed by atoms with Crippen LogP contribution in [0.15, 0.2) is 59.1 Å². The van der Waals surface area contributed by atoms with Crippen LogP contribution in [-0.4, -0.2) is 31.3 Å². The number of thioether (sulfide) groups is 1. The smallest absolute Gasteiger partial charge is 0.271 e. The first-order chi connectivity index (χ1) is 16.4. The van der Waals surface area contributed by atoms with Crippen molar-refractivity contribution in [2.45, 2.75) is 32.5 Å². The van der Waals surface area contributed by atoms with E-state index in [0.717, 1.165) is 22.5 Å². The molecule has 4 rings (SSSR count). The van der Waals surface area contributed by atoms with E-state index in [-0.39, 0.29) is 17.3 Å². The van der Waals surface area contributed by atoms with Crippen LogP contribution < -0.4 is 5.32 Å². The van der Waals surface area contributed by atoms with Gasteiger partial charge in [-0.2, -0.15) is 0 Å². The standard InChI is InChI=1S/C24H23N5O3S2/c1-4-28-23(20-13-33-16(3)22(20)17-10-8-15(2)9-11-17)26-27-24(28)34-14-21(30)25-18-6-5-7-19(12-18)29(31)32/h5-13H,4,14H2,1-3H3,(H,25,30). The Balaban J connectivity index is 1.53. The molecular weight excluding hydrogens is 470 g/mol. The molecule has 0 aliphatic rings. The van der Waals surface area contributed by atoms with E-state index in [1.54, 1.807) is 17.4 Å². The number of amides is 1. The van der Waals surface area contributed by atoms with Crippen LogP contribution in [0.1, 0.15) is 17.4 Å². The molecule has 0 unspecified atom stereocenters. The molecule has 1 N–H and O–H groups in total. The highest BCUT2D eigenvalue weighted by Gasteiger charge is 2.20. The maximum absolute atomic E-state index is 12.5. The number of carbonyl (C=O) groups is 1. The summed E-state index contributed by atoms with van der Waals surface area (Å²) in [5.74, 6) is 0.599. The highest BCUT2D eigenvalue weighted by Crippen LogP contribution is 2.39. The van der Waals surface area contributed by atoms with E-state index >= 15 is 0 Å². The van der Waals surface area contributed by atoms with Crippen molar-refractivity contribution in [2.75, 3.05) is 11.1 Å². The van der Waals surface area contributed by atoms with Crippen molar-refractivity contribution in [1.82, 2.24) is 14.8 Å². The molecule has 0 bridgehead atoms. The molecule has 2 aromatic carbocycles. The number of aromatic nitrogens is 3.